The summed E-state index contributed by atoms with van der Waals surface area (Å²) in [5, 5.41) is 6.50. The molecule has 3 aromatic rings. The van der Waals surface area contributed by atoms with Crippen LogP contribution in [0.3, 0.4) is 0 Å². The minimum absolute atomic E-state index is 0.101. The molecule has 4 rings (SSSR count). The van der Waals surface area contributed by atoms with Crippen LogP contribution in [0.2, 0.25) is 0 Å². The molecule has 0 saturated carbocycles. The number of benzene rings is 2. The van der Waals surface area contributed by atoms with E-state index in [-0.39, 0.29) is 18.5 Å². The van der Waals surface area contributed by atoms with Gasteiger partial charge in [-0.25, -0.2) is 4.98 Å². The summed E-state index contributed by atoms with van der Waals surface area (Å²) in [4.78, 5) is 34.3. The highest BCUT2D eigenvalue weighted by molar-refractivity contribution is 5.98. The van der Waals surface area contributed by atoms with Crippen LogP contribution < -0.4 is 16.0 Å². The van der Waals surface area contributed by atoms with Gasteiger partial charge in [0.2, 0.25) is 0 Å². The molecule has 8 heteroatoms. The van der Waals surface area contributed by atoms with Crippen LogP contribution >= 0.6 is 0 Å². The summed E-state index contributed by atoms with van der Waals surface area (Å²) in [6.07, 6.45) is 0.803. The molecule has 37 heavy (non-hydrogen) atoms. The molecule has 194 valence electrons. The predicted molar refractivity (Wildman–Crippen MR) is 148 cm³/mol. The van der Waals surface area contributed by atoms with Crippen molar-refractivity contribution in [2.24, 2.45) is 10.9 Å². The SMILES string of the molecule is CC(C)N(C)c1nc(-c2cccc(CNCCN)c2)cc(C(=O)N2CCc3ccccc3C2)c1CN=O. The monoisotopic (exact) mass is 500 g/mol. The minimum atomic E-state index is -0.117. The zero-order chi connectivity index (χ0) is 26.4. The molecule has 1 aliphatic heterocycles. The third-order valence-electron chi connectivity index (χ3n) is 6.96. The van der Waals surface area contributed by atoms with Gasteiger partial charge in [-0.3, -0.25) is 4.79 Å². The van der Waals surface area contributed by atoms with Gasteiger partial charge in [0.25, 0.3) is 5.91 Å². The molecule has 1 aromatic heterocycles. The van der Waals surface area contributed by atoms with Crippen molar-refractivity contribution in [3.05, 3.63) is 87.3 Å². The fraction of sp³-hybridized carbons (Fsp3) is 0.379. The Hall–Kier alpha value is -3.62. The number of nitrogens with zero attached hydrogens (tertiary/aromatic N) is 4. The lowest BCUT2D eigenvalue weighted by molar-refractivity contribution is 0.0733. The van der Waals surface area contributed by atoms with Crippen LogP contribution in [0.4, 0.5) is 5.82 Å². The van der Waals surface area contributed by atoms with Crippen molar-refractivity contribution >= 4 is 11.7 Å². The Morgan fingerprint density at radius 2 is 1.95 bits per heavy atom. The van der Waals surface area contributed by atoms with Crippen LogP contribution in [-0.2, 0) is 26.1 Å². The molecule has 0 aliphatic carbocycles. The van der Waals surface area contributed by atoms with Gasteiger partial charge in [0.15, 0.2) is 0 Å². The van der Waals surface area contributed by atoms with Crippen molar-refractivity contribution in [2.75, 3.05) is 31.6 Å². The smallest absolute Gasteiger partial charge is 0.254 e. The highest BCUT2D eigenvalue weighted by Crippen LogP contribution is 2.31. The normalized spacial score (nSPS) is 12.9. The first-order valence-corrected chi connectivity index (χ1v) is 12.8. The van der Waals surface area contributed by atoms with Gasteiger partial charge >= 0.3 is 0 Å². The molecule has 0 spiro atoms. The zero-order valence-corrected chi connectivity index (χ0v) is 21.9. The van der Waals surface area contributed by atoms with Crippen LogP contribution in [0.1, 0.15) is 46.5 Å². The second-order valence-electron chi connectivity index (χ2n) is 9.76. The number of carbonyl (C=O) groups is 1. The Labute approximate surface area is 218 Å². The summed E-state index contributed by atoms with van der Waals surface area (Å²) in [5.74, 6) is 0.510. The number of nitrogens with two attached hydrogens (primary N) is 1. The second-order valence-corrected chi connectivity index (χ2v) is 9.76. The van der Waals surface area contributed by atoms with E-state index in [4.69, 9.17) is 10.7 Å². The number of carbonyl (C=O) groups excluding carboxylic acids is 1. The lowest BCUT2D eigenvalue weighted by atomic mass is 9.97. The van der Waals surface area contributed by atoms with Crippen molar-refractivity contribution in [3.63, 3.8) is 0 Å². The lowest BCUT2D eigenvalue weighted by Crippen LogP contribution is -2.37. The maximum Gasteiger partial charge on any atom is 0.254 e. The molecular weight excluding hydrogens is 464 g/mol. The Bertz CT molecular complexity index is 1260. The van der Waals surface area contributed by atoms with Crippen molar-refractivity contribution in [1.82, 2.24) is 15.2 Å². The fourth-order valence-corrected chi connectivity index (χ4v) is 4.67. The van der Waals surface area contributed by atoms with Crippen molar-refractivity contribution in [2.45, 2.75) is 45.9 Å². The van der Waals surface area contributed by atoms with Gasteiger partial charge in [-0.2, -0.15) is 4.91 Å². The molecule has 8 nitrogen and oxygen atoms in total. The fourth-order valence-electron chi connectivity index (χ4n) is 4.67. The first-order valence-electron chi connectivity index (χ1n) is 12.8. The summed E-state index contributed by atoms with van der Waals surface area (Å²) in [5.41, 5.74) is 11.8. The lowest BCUT2D eigenvalue weighted by Gasteiger charge is -2.31. The van der Waals surface area contributed by atoms with Crippen LogP contribution in [0.15, 0.2) is 59.8 Å². The number of hydrogen-bond acceptors (Lipinski definition) is 7. The Kier molecular flexibility index (Phi) is 8.63. The van der Waals surface area contributed by atoms with Gasteiger partial charge < -0.3 is 20.9 Å². The summed E-state index contributed by atoms with van der Waals surface area (Å²) in [6.45, 7) is 7.15. The average molecular weight is 501 g/mol. The number of rotatable bonds is 10. The molecular formula is C29H36N6O2. The maximum atomic E-state index is 14.0. The summed E-state index contributed by atoms with van der Waals surface area (Å²) < 4.78 is 0. The Balaban J connectivity index is 1.79. The number of nitrogens with one attached hydrogen (secondary N) is 1. The Morgan fingerprint density at radius 1 is 1.16 bits per heavy atom. The second kappa shape index (κ2) is 12.1. The van der Waals surface area contributed by atoms with E-state index in [0.717, 1.165) is 29.7 Å². The third-order valence-corrected chi connectivity index (χ3v) is 6.96. The number of aromatic nitrogens is 1. The quantitative estimate of drug-likeness (QED) is 0.321. The van der Waals surface area contributed by atoms with Crippen LogP contribution in [0, 0.1) is 4.91 Å². The van der Waals surface area contributed by atoms with Crippen LogP contribution in [0.25, 0.3) is 11.3 Å². The number of hydrogen-bond donors (Lipinski definition) is 2. The summed E-state index contributed by atoms with van der Waals surface area (Å²) >= 11 is 0. The van der Waals surface area contributed by atoms with E-state index in [2.05, 4.69) is 48.6 Å². The highest BCUT2D eigenvalue weighted by Gasteiger charge is 2.27. The molecule has 0 saturated heterocycles. The third kappa shape index (κ3) is 6.03. The molecule has 2 aromatic carbocycles. The van der Waals surface area contributed by atoms with Crippen molar-refractivity contribution in [1.29, 1.82) is 0 Å². The molecule has 0 radical (unpaired) electrons. The van der Waals surface area contributed by atoms with Crippen LogP contribution in [-0.4, -0.2) is 48.5 Å². The summed E-state index contributed by atoms with van der Waals surface area (Å²) in [6, 6.07) is 18.3. The molecule has 0 unspecified atom stereocenters. The van der Waals surface area contributed by atoms with E-state index in [1.165, 1.54) is 5.56 Å². The highest BCUT2D eigenvalue weighted by atomic mass is 16.3. The van der Waals surface area contributed by atoms with E-state index in [0.29, 0.717) is 48.8 Å². The first kappa shape index (κ1) is 26.4. The molecule has 3 N–H and O–H groups in total. The van der Waals surface area contributed by atoms with Gasteiger partial charge in [-0.05, 0) is 49.1 Å². The van der Waals surface area contributed by atoms with Gasteiger partial charge in [0.1, 0.15) is 12.4 Å². The standard InChI is InChI=1S/C29H36N6O2/c1-20(2)34(3)28-26(18-32-37)25(29(36)35-14-11-22-8-4-5-9-24(22)19-35)16-27(33-28)23-10-6-7-21(15-23)17-31-13-12-30/h4-10,15-16,20,31H,11-14,17-19,30H2,1-3H3. The topological polar surface area (TPSA) is 104 Å². The van der Waals surface area contributed by atoms with E-state index in [1.54, 1.807) is 0 Å². The van der Waals surface area contributed by atoms with E-state index in [9.17, 15) is 9.70 Å². The molecule has 2 heterocycles. The van der Waals surface area contributed by atoms with Gasteiger partial charge in [0.05, 0.1) is 11.3 Å². The number of amides is 1. The van der Waals surface area contributed by atoms with E-state index in [1.807, 2.05) is 47.2 Å². The zero-order valence-electron chi connectivity index (χ0n) is 21.9. The number of fused-ring (bicyclic) bond motifs is 1. The van der Waals surface area contributed by atoms with Gasteiger partial charge in [-0.1, -0.05) is 47.6 Å². The molecule has 0 atom stereocenters. The average Bonchev–Trinajstić information content (AvgIpc) is 2.92. The number of nitroso groups, excluding NO2 is 1. The van der Waals surface area contributed by atoms with Crippen molar-refractivity contribution < 1.29 is 4.79 Å². The number of pyridine rings is 1. The molecule has 1 amide bonds. The molecule has 1 aliphatic rings. The van der Waals surface area contributed by atoms with Crippen LogP contribution in [0.5, 0.6) is 0 Å². The van der Waals surface area contributed by atoms with Gasteiger partial charge in [0, 0.05) is 56.9 Å². The Morgan fingerprint density at radius 3 is 2.68 bits per heavy atom. The minimum Gasteiger partial charge on any atom is -0.357 e. The number of anilines is 1. The first-order chi connectivity index (χ1) is 17.9. The summed E-state index contributed by atoms with van der Waals surface area (Å²) in [7, 11) is 1.93. The molecule has 0 bridgehead atoms. The molecule has 0 fully saturated rings. The maximum absolute atomic E-state index is 14.0. The van der Waals surface area contributed by atoms with E-state index < -0.39 is 0 Å². The largest absolute Gasteiger partial charge is 0.357 e. The van der Waals surface area contributed by atoms with Crippen molar-refractivity contribution in [3.8, 4) is 11.3 Å². The van der Waals surface area contributed by atoms with Gasteiger partial charge in [-0.15, -0.1) is 0 Å². The predicted octanol–water partition coefficient (Wildman–Crippen LogP) is 4.11. The van der Waals surface area contributed by atoms with E-state index >= 15 is 0 Å².